The van der Waals surface area contributed by atoms with Gasteiger partial charge in [-0.25, -0.2) is 0 Å². The van der Waals surface area contributed by atoms with E-state index in [9.17, 15) is 4.79 Å². The zero-order chi connectivity index (χ0) is 15.1. The van der Waals surface area contributed by atoms with Gasteiger partial charge in [0, 0.05) is 11.6 Å². The summed E-state index contributed by atoms with van der Waals surface area (Å²) in [7, 11) is 0. The number of nitrogens with two attached hydrogens (primary N) is 1. The molecule has 1 amide bonds. The molecule has 0 saturated heterocycles. The lowest BCUT2D eigenvalue weighted by molar-refractivity contribution is -0.121. The van der Waals surface area contributed by atoms with Crippen LogP contribution in [0.3, 0.4) is 0 Å². The van der Waals surface area contributed by atoms with Crippen LogP contribution in [0.4, 0.5) is 0 Å². The lowest BCUT2D eigenvalue weighted by atomic mass is 10.00. The van der Waals surface area contributed by atoms with Crippen LogP contribution >= 0.6 is 12.2 Å². The molecule has 110 valence electrons. The maximum atomic E-state index is 11.9. The minimum atomic E-state index is 0.0591. The average molecular weight is 292 g/mol. The Morgan fingerprint density at radius 3 is 2.40 bits per heavy atom. The van der Waals surface area contributed by atoms with Gasteiger partial charge in [-0.1, -0.05) is 56.8 Å². The summed E-state index contributed by atoms with van der Waals surface area (Å²) in [6.07, 6.45) is 2.55. The molecule has 0 heterocycles. The van der Waals surface area contributed by atoms with Gasteiger partial charge in [0.1, 0.15) is 4.99 Å². The summed E-state index contributed by atoms with van der Waals surface area (Å²) in [5, 5.41) is 3.04. The van der Waals surface area contributed by atoms with Crippen molar-refractivity contribution in [3.8, 4) is 0 Å². The molecular formula is C16H24N2OS. The van der Waals surface area contributed by atoms with E-state index in [0.717, 1.165) is 24.0 Å². The third kappa shape index (κ3) is 5.70. The molecule has 3 N–H and O–H groups in total. The summed E-state index contributed by atoms with van der Waals surface area (Å²) in [4.78, 5) is 12.3. The highest BCUT2D eigenvalue weighted by Crippen LogP contribution is 2.10. The highest BCUT2D eigenvalue weighted by atomic mass is 32.1. The van der Waals surface area contributed by atoms with Gasteiger partial charge < -0.3 is 11.1 Å². The number of hydrogen-bond acceptors (Lipinski definition) is 2. The van der Waals surface area contributed by atoms with Crippen LogP contribution in [-0.4, -0.2) is 16.9 Å². The van der Waals surface area contributed by atoms with E-state index in [1.54, 1.807) is 0 Å². The van der Waals surface area contributed by atoms with Gasteiger partial charge in [-0.3, -0.25) is 4.79 Å². The van der Waals surface area contributed by atoms with Crippen molar-refractivity contribution in [1.82, 2.24) is 5.32 Å². The second kappa shape index (κ2) is 8.00. The van der Waals surface area contributed by atoms with Gasteiger partial charge in [0.15, 0.2) is 0 Å². The molecule has 3 nitrogen and oxygen atoms in total. The number of carbonyl (C=O) groups is 1. The molecule has 0 aliphatic rings. The van der Waals surface area contributed by atoms with E-state index in [1.807, 2.05) is 24.3 Å². The molecule has 1 aromatic rings. The maximum absolute atomic E-state index is 11.9. The predicted octanol–water partition coefficient (Wildman–Crippen LogP) is 2.80. The van der Waals surface area contributed by atoms with Gasteiger partial charge in [-0.15, -0.1) is 0 Å². The lowest BCUT2D eigenvalue weighted by Gasteiger charge is -2.17. The number of thiocarbonyl (C=S) groups is 1. The highest BCUT2D eigenvalue weighted by Gasteiger charge is 2.11. The Morgan fingerprint density at radius 2 is 1.90 bits per heavy atom. The maximum Gasteiger partial charge on any atom is 0.224 e. The van der Waals surface area contributed by atoms with Crippen molar-refractivity contribution in [2.45, 2.75) is 46.1 Å². The summed E-state index contributed by atoms with van der Waals surface area (Å²) in [5.41, 5.74) is 7.34. The molecule has 0 aliphatic carbocycles. The van der Waals surface area contributed by atoms with Crippen LogP contribution in [0, 0.1) is 5.92 Å². The molecule has 4 heteroatoms. The standard InChI is InChI=1S/C16H24N2OS/c1-4-11(2)9-12(3)18-15(19)10-13-5-7-14(8-6-13)16(17)20/h5-8,11-12H,4,9-10H2,1-3H3,(H2,17,20)(H,18,19). The second-order valence-corrected chi connectivity index (χ2v) is 5.90. The first-order valence-electron chi connectivity index (χ1n) is 7.10. The largest absolute Gasteiger partial charge is 0.389 e. The first-order chi connectivity index (χ1) is 9.42. The molecule has 0 radical (unpaired) electrons. The smallest absolute Gasteiger partial charge is 0.224 e. The normalized spacial score (nSPS) is 13.6. The zero-order valence-corrected chi connectivity index (χ0v) is 13.3. The van der Waals surface area contributed by atoms with Crippen LogP contribution in [0.5, 0.6) is 0 Å². The Kier molecular flexibility index (Phi) is 6.65. The van der Waals surface area contributed by atoms with Crippen molar-refractivity contribution < 1.29 is 4.79 Å². The van der Waals surface area contributed by atoms with Crippen LogP contribution in [0.2, 0.25) is 0 Å². The van der Waals surface area contributed by atoms with E-state index < -0.39 is 0 Å². The van der Waals surface area contributed by atoms with E-state index in [1.165, 1.54) is 0 Å². The van der Waals surface area contributed by atoms with Gasteiger partial charge in [-0.2, -0.15) is 0 Å². The first-order valence-corrected chi connectivity index (χ1v) is 7.51. The van der Waals surface area contributed by atoms with Gasteiger partial charge in [-0.05, 0) is 24.8 Å². The fraction of sp³-hybridized carbons (Fsp3) is 0.500. The third-order valence-electron chi connectivity index (χ3n) is 3.46. The van der Waals surface area contributed by atoms with Crippen LogP contribution in [0.1, 0.15) is 44.7 Å². The van der Waals surface area contributed by atoms with Gasteiger partial charge in [0.25, 0.3) is 0 Å². The molecule has 1 aromatic carbocycles. The monoisotopic (exact) mass is 292 g/mol. The van der Waals surface area contributed by atoms with Crippen molar-refractivity contribution in [1.29, 1.82) is 0 Å². The summed E-state index contributed by atoms with van der Waals surface area (Å²) >= 11 is 4.90. The predicted molar refractivity (Wildman–Crippen MR) is 87.7 cm³/mol. The van der Waals surface area contributed by atoms with Crippen LogP contribution < -0.4 is 11.1 Å². The highest BCUT2D eigenvalue weighted by molar-refractivity contribution is 7.80. The van der Waals surface area contributed by atoms with Crippen molar-refractivity contribution in [2.75, 3.05) is 0 Å². The Bertz CT molecular complexity index is 456. The van der Waals surface area contributed by atoms with Crippen LogP contribution in [-0.2, 0) is 11.2 Å². The van der Waals surface area contributed by atoms with Crippen LogP contribution in [0.25, 0.3) is 0 Å². The zero-order valence-electron chi connectivity index (χ0n) is 12.5. The molecule has 0 saturated carbocycles. The molecule has 0 spiro atoms. The Balaban J connectivity index is 2.47. The van der Waals surface area contributed by atoms with Crippen LogP contribution in [0.15, 0.2) is 24.3 Å². The van der Waals surface area contributed by atoms with E-state index in [0.29, 0.717) is 17.3 Å². The van der Waals surface area contributed by atoms with Gasteiger partial charge >= 0.3 is 0 Å². The van der Waals surface area contributed by atoms with E-state index in [4.69, 9.17) is 18.0 Å². The summed E-state index contributed by atoms with van der Waals surface area (Å²) < 4.78 is 0. The van der Waals surface area contributed by atoms with E-state index >= 15 is 0 Å². The second-order valence-electron chi connectivity index (χ2n) is 5.46. The summed E-state index contributed by atoms with van der Waals surface area (Å²) in [5.74, 6) is 0.694. The minimum Gasteiger partial charge on any atom is -0.389 e. The topological polar surface area (TPSA) is 55.1 Å². The SMILES string of the molecule is CCC(C)CC(C)NC(=O)Cc1ccc(C(N)=S)cc1. The number of amides is 1. The first kappa shape index (κ1) is 16.6. The molecule has 1 rings (SSSR count). The van der Waals surface area contributed by atoms with Crippen molar-refractivity contribution in [2.24, 2.45) is 11.7 Å². The van der Waals surface area contributed by atoms with E-state index in [-0.39, 0.29) is 11.9 Å². The lowest BCUT2D eigenvalue weighted by Crippen LogP contribution is -2.34. The molecular weight excluding hydrogens is 268 g/mol. The summed E-state index contributed by atoms with van der Waals surface area (Å²) in [6.45, 7) is 6.43. The number of nitrogens with one attached hydrogen (secondary N) is 1. The molecule has 2 atom stereocenters. The Morgan fingerprint density at radius 1 is 1.30 bits per heavy atom. The molecule has 0 aromatic heterocycles. The molecule has 0 fully saturated rings. The molecule has 20 heavy (non-hydrogen) atoms. The van der Waals surface area contributed by atoms with E-state index in [2.05, 4.69) is 26.1 Å². The molecule has 0 bridgehead atoms. The van der Waals surface area contributed by atoms with Gasteiger partial charge in [0.05, 0.1) is 6.42 Å². The fourth-order valence-corrected chi connectivity index (χ4v) is 2.26. The number of rotatable bonds is 7. The molecule has 2 unspecified atom stereocenters. The third-order valence-corrected chi connectivity index (χ3v) is 3.70. The molecule has 0 aliphatic heterocycles. The number of benzene rings is 1. The van der Waals surface area contributed by atoms with Crippen molar-refractivity contribution in [3.63, 3.8) is 0 Å². The Hall–Kier alpha value is -1.42. The quantitative estimate of drug-likeness (QED) is 0.760. The Labute approximate surface area is 126 Å². The minimum absolute atomic E-state index is 0.0591. The summed E-state index contributed by atoms with van der Waals surface area (Å²) in [6, 6.07) is 7.72. The number of carbonyl (C=O) groups excluding carboxylic acids is 1. The fourth-order valence-electron chi connectivity index (χ4n) is 2.13. The van der Waals surface area contributed by atoms with Crippen molar-refractivity contribution >= 4 is 23.1 Å². The van der Waals surface area contributed by atoms with Gasteiger partial charge in [0.2, 0.25) is 5.91 Å². The average Bonchev–Trinajstić information content (AvgIpc) is 2.38. The van der Waals surface area contributed by atoms with Crippen molar-refractivity contribution in [3.05, 3.63) is 35.4 Å². The number of hydrogen-bond donors (Lipinski definition) is 2.